The van der Waals surface area contributed by atoms with Gasteiger partial charge in [-0.3, -0.25) is 0 Å². The molecule has 0 bridgehead atoms. The van der Waals surface area contributed by atoms with Crippen LogP contribution >= 0.6 is 11.3 Å². The van der Waals surface area contributed by atoms with Crippen molar-refractivity contribution in [2.24, 2.45) is 0 Å². The zero-order valence-corrected chi connectivity index (χ0v) is 34.1. The molecular formula is C58H38N2S. The van der Waals surface area contributed by atoms with E-state index in [0.29, 0.717) is 5.82 Å². The van der Waals surface area contributed by atoms with Gasteiger partial charge in [0.15, 0.2) is 5.82 Å². The first-order valence-electron chi connectivity index (χ1n) is 20.6. The first-order chi connectivity index (χ1) is 30.2. The Morgan fingerprint density at radius 3 is 1.08 bits per heavy atom. The molecule has 0 amide bonds. The Morgan fingerprint density at radius 1 is 0.262 bits per heavy atom. The van der Waals surface area contributed by atoms with Gasteiger partial charge in [0.1, 0.15) is 4.83 Å². The third-order valence-electron chi connectivity index (χ3n) is 11.5. The fourth-order valence-corrected chi connectivity index (χ4v) is 9.50. The van der Waals surface area contributed by atoms with Crippen molar-refractivity contribution in [1.82, 2.24) is 9.97 Å². The summed E-state index contributed by atoms with van der Waals surface area (Å²) >= 11 is 1.73. The maximum absolute atomic E-state index is 5.49. The number of rotatable bonds is 8. The normalized spacial score (nSPS) is 11.3. The number of nitrogens with zero attached hydrogens (tertiary/aromatic N) is 2. The van der Waals surface area contributed by atoms with Gasteiger partial charge < -0.3 is 0 Å². The van der Waals surface area contributed by atoms with E-state index in [1.165, 1.54) is 54.6 Å². The van der Waals surface area contributed by atoms with Gasteiger partial charge >= 0.3 is 0 Å². The van der Waals surface area contributed by atoms with Gasteiger partial charge in [-0.05, 0) is 121 Å². The van der Waals surface area contributed by atoms with Crippen LogP contribution in [0.4, 0.5) is 0 Å². The van der Waals surface area contributed by atoms with Crippen LogP contribution in [0.25, 0.3) is 110 Å². The van der Waals surface area contributed by atoms with E-state index in [0.717, 1.165) is 49.3 Å². The Morgan fingerprint density at radius 2 is 0.607 bits per heavy atom. The second kappa shape index (κ2) is 15.8. The Labute approximate surface area is 359 Å². The van der Waals surface area contributed by atoms with E-state index in [1.54, 1.807) is 11.3 Å². The van der Waals surface area contributed by atoms with Crippen LogP contribution in [0.1, 0.15) is 0 Å². The number of fused-ring (bicyclic) bond motifs is 3. The fraction of sp³-hybridized carbons (Fsp3) is 0. The van der Waals surface area contributed by atoms with E-state index in [2.05, 4.69) is 231 Å². The fourth-order valence-electron chi connectivity index (χ4n) is 8.42. The maximum atomic E-state index is 5.49. The molecular weight excluding hydrogens is 757 g/mol. The molecule has 0 fully saturated rings. The molecule has 2 aromatic heterocycles. The maximum Gasteiger partial charge on any atom is 0.161 e. The molecule has 0 saturated heterocycles. The number of aromatic nitrogens is 2. The Kier molecular flexibility index (Phi) is 9.42. The van der Waals surface area contributed by atoms with E-state index in [-0.39, 0.29) is 0 Å². The summed E-state index contributed by atoms with van der Waals surface area (Å²) in [6, 6.07) is 82.5. The van der Waals surface area contributed by atoms with E-state index in [1.807, 2.05) is 0 Å². The minimum absolute atomic E-state index is 0.709. The predicted octanol–water partition coefficient (Wildman–Crippen LogP) is 16.2. The van der Waals surface area contributed by atoms with Crippen LogP contribution in [0.3, 0.4) is 0 Å². The highest BCUT2D eigenvalue weighted by atomic mass is 32.1. The van der Waals surface area contributed by atoms with Gasteiger partial charge in [-0.2, -0.15) is 0 Å². The van der Waals surface area contributed by atoms with Crippen molar-refractivity contribution >= 4 is 31.6 Å². The van der Waals surface area contributed by atoms with Crippen molar-refractivity contribution in [1.29, 1.82) is 0 Å². The third kappa shape index (κ3) is 7.22. The van der Waals surface area contributed by atoms with Crippen molar-refractivity contribution in [3.63, 3.8) is 0 Å². The number of hydrogen-bond donors (Lipinski definition) is 0. The molecule has 0 saturated carbocycles. The smallest absolute Gasteiger partial charge is 0.161 e. The lowest BCUT2D eigenvalue weighted by Gasteiger charge is -2.14. The molecule has 286 valence electrons. The monoisotopic (exact) mass is 794 g/mol. The van der Waals surface area contributed by atoms with Crippen LogP contribution < -0.4 is 0 Å². The highest BCUT2D eigenvalue weighted by molar-refractivity contribution is 7.25. The summed E-state index contributed by atoms with van der Waals surface area (Å²) in [6.07, 6.45) is 0. The minimum atomic E-state index is 0.709. The van der Waals surface area contributed by atoms with E-state index in [4.69, 9.17) is 9.97 Å². The molecule has 0 aliphatic heterocycles. The molecule has 61 heavy (non-hydrogen) atoms. The Hall–Kier alpha value is -7.72. The summed E-state index contributed by atoms with van der Waals surface area (Å²) in [7, 11) is 0. The molecule has 0 aliphatic carbocycles. The topological polar surface area (TPSA) is 25.8 Å². The van der Waals surface area contributed by atoms with Crippen LogP contribution in [-0.4, -0.2) is 9.97 Å². The molecule has 11 aromatic rings. The lowest BCUT2D eigenvalue weighted by Crippen LogP contribution is -1.94. The zero-order valence-electron chi connectivity index (χ0n) is 33.2. The minimum Gasteiger partial charge on any atom is -0.227 e. The predicted molar refractivity (Wildman–Crippen MR) is 258 cm³/mol. The largest absolute Gasteiger partial charge is 0.227 e. The molecule has 2 heterocycles. The summed E-state index contributed by atoms with van der Waals surface area (Å²) < 4.78 is 1.20. The van der Waals surface area contributed by atoms with E-state index < -0.39 is 0 Å². The first kappa shape index (κ1) is 36.4. The quantitative estimate of drug-likeness (QED) is 0.153. The molecule has 0 N–H and O–H groups in total. The molecule has 3 heteroatoms. The summed E-state index contributed by atoms with van der Waals surface area (Å²) in [4.78, 5) is 11.8. The summed E-state index contributed by atoms with van der Waals surface area (Å²) in [6.45, 7) is 0. The average Bonchev–Trinajstić information content (AvgIpc) is 3.73. The second-order valence-corrected chi connectivity index (χ2v) is 16.4. The summed E-state index contributed by atoms with van der Waals surface area (Å²) in [5.41, 5.74) is 17.0. The standard InChI is InChI=1S/C58H38N2S/c1-5-17-39(18-6-1)47-33-48(40-19-7-2-8-20-40)36-51(35-47)43-25-15-27-45(31-43)56-55-53-29-13-14-30-54(53)61-58(55)60-57(59-56)46-28-16-26-44(32-46)52-37-49(41-21-9-3-10-22-41)34-50(38-52)42-23-11-4-12-24-42/h1-38H. The van der Waals surface area contributed by atoms with Crippen molar-refractivity contribution < 1.29 is 0 Å². The molecule has 2 nitrogen and oxygen atoms in total. The van der Waals surface area contributed by atoms with Gasteiger partial charge in [-0.1, -0.05) is 176 Å². The van der Waals surface area contributed by atoms with E-state index in [9.17, 15) is 0 Å². The van der Waals surface area contributed by atoms with E-state index >= 15 is 0 Å². The molecule has 0 spiro atoms. The van der Waals surface area contributed by atoms with Crippen LogP contribution in [0.2, 0.25) is 0 Å². The van der Waals surface area contributed by atoms with Crippen LogP contribution in [0.15, 0.2) is 231 Å². The molecule has 11 rings (SSSR count). The van der Waals surface area contributed by atoms with Gasteiger partial charge in [0.2, 0.25) is 0 Å². The van der Waals surface area contributed by atoms with Gasteiger partial charge in [-0.15, -0.1) is 11.3 Å². The zero-order chi connectivity index (χ0) is 40.5. The van der Waals surface area contributed by atoms with Gasteiger partial charge in [0.05, 0.1) is 5.69 Å². The molecule has 0 atom stereocenters. The van der Waals surface area contributed by atoms with Crippen molar-refractivity contribution in [3.05, 3.63) is 231 Å². The van der Waals surface area contributed by atoms with Crippen molar-refractivity contribution in [2.75, 3.05) is 0 Å². The van der Waals surface area contributed by atoms with Gasteiger partial charge in [0, 0.05) is 26.6 Å². The molecule has 0 unspecified atom stereocenters. The Balaban J connectivity index is 1.06. The second-order valence-electron chi connectivity index (χ2n) is 15.4. The van der Waals surface area contributed by atoms with Crippen molar-refractivity contribution in [3.8, 4) is 89.4 Å². The van der Waals surface area contributed by atoms with Crippen LogP contribution in [0, 0.1) is 0 Å². The highest BCUT2D eigenvalue weighted by Gasteiger charge is 2.18. The first-order valence-corrected chi connectivity index (χ1v) is 21.4. The lowest BCUT2D eigenvalue weighted by molar-refractivity contribution is 1.24. The number of benzene rings is 9. The third-order valence-corrected chi connectivity index (χ3v) is 12.5. The molecule has 9 aromatic carbocycles. The summed E-state index contributed by atoms with van der Waals surface area (Å²) in [5, 5.41) is 2.26. The van der Waals surface area contributed by atoms with Gasteiger partial charge in [-0.25, -0.2) is 9.97 Å². The van der Waals surface area contributed by atoms with Crippen molar-refractivity contribution in [2.45, 2.75) is 0 Å². The van der Waals surface area contributed by atoms with Gasteiger partial charge in [0.25, 0.3) is 0 Å². The Bertz CT molecular complexity index is 3220. The number of thiophene rings is 1. The molecule has 0 aliphatic rings. The SMILES string of the molecule is c1ccc(-c2cc(-c3ccccc3)cc(-c3cccc(-c4nc(-c5cccc(-c6cc(-c7ccccc7)cc(-c7ccccc7)c6)c5)c5c(n4)sc4ccccc45)c3)c2)cc1. The lowest BCUT2D eigenvalue weighted by atomic mass is 9.92. The molecule has 0 radical (unpaired) electrons. The van der Waals surface area contributed by atoms with Crippen LogP contribution in [0.5, 0.6) is 0 Å². The number of hydrogen-bond acceptors (Lipinski definition) is 3. The van der Waals surface area contributed by atoms with Crippen LogP contribution in [-0.2, 0) is 0 Å². The highest BCUT2D eigenvalue weighted by Crippen LogP contribution is 2.42. The average molecular weight is 795 g/mol. The summed E-state index contributed by atoms with van der Waals surface area (Å²) in [5.74, 6) is 0.709.